The van der Waals surface area contributed by atoms with E-state index >= 15 is 0 Å². The SMILES string of the molecule is O=C(c1cnc(-c2ncccn2)s1)N1CC2(CCCC2)c2cccc(F)c21. The highest BCUT2D eigenvalue weighted by Crippen LogP contribution is 2.51. The van der Waals surface area contributed by atoms with Crippen LogP contribution in [0.5, 0.6) is 0 Å². The molecule has 27 heavy (non-hydrogen) atoms. The standard InChI is InChI=1S/C20H17FN4OS/c21-14-6-3-5-13-16(14)25(12-20(13)7-1-2-8-20)19(26)15-11-24-18(27-15)17-22-9-4-10-23-17/h3-6,9-11H,1-2,7-8,12H2. The number of hydrogen-bond acceptors (Lipinski definition) is 5. The van der Waals surface area contributed by atoms with Crippen LogP contribution in [0.1, 0.15) is 40.9 Å². The van der Waals surface area contributed by atoms with Crippen LogP contribution >= 0.6 is 11.3 Å². The van der Waals surface area contributed by atoms with E-state index in [4.69, 9.17) is 0 Å². The van der Waals surface area contributed by atoms with Crippen LogP contribution in [0.4, 0.5) is 10.1 Å². The summed E-state index contributed by atoms with van der Waals surface area (Å²) in [6.45, 7) is 0.539. The van der Waals surface area contributed by atoms with Crippen LogP contribution in [-0.4, -0.2) is 27.4 Å². The lowest BCUT2D eigenvalue weighted by Crippen LogP contribution is -2.35. The lowest BCUT2D eigenvalue weighted by Gasteiger charge is -2.24. The molecule has 0 radical (unpaired) electrons. The van der Waals surface area contributed by atoms with E-state index in [-0.39, 0.29) is 17.1 Å². The van der Waals surface area contributed by atoms with Crippen LogP contribution in [0.3, 0.4) is 0 Å². The molecule has 0 atom stereocenters. The zero-order valence-corrected chi connectivity index (χ0v) is 15.4. The first-order chi connectivity index (χ1) is 13.2. The van der Waals surface area contributed by atoms with Crippen LogP contribution in [0, 0.1) is 5.82 Å². The number of anilines is 1. The van der Waals surface area contributed by atoms with Gasteiger partial charge in [0, 0.05) is 24.4 Å². The number of para-hydroxylation sites is 1. The van der Waals surface area contributed by atoms with Gasteiger partial charge in [-0.3, -0.25) is 4.79 Å². The normalized spacial score (nSPS) is 17.4. The number of rotatable bonds is 2. The largest absolute Gasteiger partial charge is 0.304 e. The third-order valence-corrected chi connectivity index (χ3v) is 6.55. The maximum Gasteiger partial charge on any atom is 0.270 e. The van der Waals surface area contributed by atoms with Gasteiger partial charge in [-0.05, 0) is 30.5 Å². The van der Waals surface area contributed by atoms with E-state index in [0.29, 0.717) is 27.9 Å². The molecule has 0 saturated heterocycles. The Balaban J connectivity index is 1.52. The molecule has 136 valence electrons. The molecular formula is C20H17FN4OS. The van der Waals surface area contributed by atoms with E-state index < -0.39 is 0 Å². The molecule has 3 heterocycles. The molecule has 1 aromatic carbocycles. The average molecular weight is 380 g/mol. The third-order valence-electron chi connectivity index (χ3n) is 5.57. The Hall–Kier alpha value is -2.67. The predicted molar refractivity (Wildman–Crippen MR) is 101 cm³/mol. The number of carbonyl (C=O) groups is 1. The van der Waals surface area contributed by atoms with Gasteiger partial charge in [-0.1, -0.05) is 25.0 Å². The number of hydrogen-bond donors (Lipinski definition) is 0. The van der Waals surface area contributed by atoms with Gasteiger partial charge in [0.05, 0.1) is 11.9 Å². The summed E-state index contributed by atoms with van der Waals surface area (Å²) in [7, 11) is 0. The molecule has 0 unspecified atom stereocenters. The second-order valence-corrected chi connectivity index (χ2v) is 8.15. The van der Waals surface area contributed by atoms with Crippen molar-refractivity contribution >= 4 is 22.9 Å². The smallest absolute Gasteiger partial charge is 0.270 e. The molecule has 2 aromatic heterocycles. The minimum atomic E-state index is -0.333. The number of nitrogens with zero attached hydrogens (tertiary/aromatic N) is 4. The summed E-state index contributed by atoms with van der Waals surface area (Å²) in [4.78, 5) is 28.0. The average Bonchev–Trinajstić information content (AvgIpc) is 3.43. The van der Waals surface area contributed by atoms with Gasteiger partial charge in [0.2, 0.25) is 0 Å². The van der Waals surface area contributed by atoms with E-state index in [0.717, 1.165) is 31.2 Å². The lowest BCUT2D eigenvalue weighted by molar-refractivity contribution is 0.0988. The van der Waals surface area contributed by atoms with Gasteiger partial charge in [0.25, 0.3) is 5.91 Å². The fraction of sp³-hybridized carbons (Fsp3) is 0.300. The molecule has 5 rings (SSSR count). The van der Waals surface area contributed by atoms with Crippen molar-refractivity contribution in [1.82, 2.24) is 15.0 Å². The molecule has 1 amide bonds. The number of amides is 1. The van der Waals surface area contributed by atoms with Crippen LogP contribution in [-0.2, 0) is 5.41 Å². The van der Waals surface area contributed by atoms with Gasteiger partial charge in [0.1, 0.15) is 10.7 Å². The Morgan fingerprint density at radius 2 is 1.89 bits per heavy atom. The zero-order chi connectivity index (χ0) is 18.4. The van der Waals surface area contributed by atoms with Gasteiger partial charge < -0.3 is 4.90 Å². The Morgan fingerprint density at radius 1 is 1.11 bits per heavy atom. The minimum Gasteiger partial charge on any atom is -0.304 e. The van der Waals surface area contributed by atoms with Crippen molar-refractivity contribution in [3.63, 3.8) is 0 Å². The quantitative estimate of drug-likeness (QED) is 0.668. The summed E-state index contributed by atoms with van der Waals surface area (Å²) >= 11 is 1.24. The van der Waals surface area contributed by atoms with E-state index in [1.54, 1.807) is 35.6 Å². The van der Waals surface area contributed by atoms with Gasteiger partial charge >= 0.3 is 0 Å². The number of aromatic nitrogens is 3. The Morgan fingerprint density at radius 3 is 2.67 bits per heavy atom. The van der Waals surface area contributed by atoms with Crippen molar-refractivity contribution < 1.29 is 9.18 Å². The van der Waals surface area contributed by atoms with Crippen molar-refractivity contribution in [2.24, 2.45) is 0 Å². The van der Waals surface area contributed by atoms with Crippen molar-refractivity contribution in [3.8, 4) is 10.8 Å². The highest BCUT2D eigenvalue weighted by atomic mass is 32.1. The lowest BCUT2D eigenvalue weighted by atomic mass is 9.81. The maximum atomic E-state index is 14.7. The van der Waals surface area contributed by atoms with Gasteiger partial charge in [-0.15, -0.1) is 11.3 Å². The van der Waals surface area contributed by atoms with Gasteiger partial charge in [0.15, 0.2) is 10.8 Å². The molecule has 1 saturated carbocycles. The number of carbonyl (C=O) groups excluding carboxylic acids is 1. The molecule has 1 aliphatic heterocycles. The molecule has 1 aliphatic carbocycles. The van der Waals surface area contributed by atoms with Crippen molar-refractivity contribution in [1.29, 1.82) is 0 Å². The molecule has 7 heteroatoms. The molecule has 1 spiro atoms. The van der Waals surface area contributed by atoms with Crippen LogP contribution in [0.15, 0.2) is 42.9 Å². The van der Waals surface area contributed by atoms with E-state index in [2.05, 4.69) is 15.0 Å². The molecular weight excluding hydrogens is 363 g/mol. The molecule has 1 fully saturated rings. The van der Waals surface area contributed by atoms with Crippen molar-refractivity contribution in [3.05, 3.63) is 59.1 Å². The molecule has 0 bridgehead atoms. The molecule has 3 aromatic rings. The fourth-order valence-electron chi connectivity index (χ4n) is 4.36. The predicted octanol–water partition coefficient (Wildman–Crippen LogP) is 4.21. The second-order valence-electron chi connectivity index (χ2n) is 7.12. The van der Waals surface area contributed by atoms with Crippen molar-refractivity contribution in [2.75, 3.05) is 11.4 Å². The maximum absolute atomic E-state index is 14.7. The summed E-state index contributed by atoms with van der Waals surface area (Å²) in [6.07, 6.45) is 9.06. The first-order valence-corrected chi connectivity index (χ1v) is 9.84. The van der Waals surface area contributed by atoms with Gasteiger partial charge in [-0.25, -0.2) is 19.3 Å². The first-order valence-electron chi connectivity index (χ1n) is 9.02. The third kappa shape index (κ3) is 2.56. The Labute approximate surface area is 159 Å². The highest BCUT2D eigenvalue weighted by Gasteiger charge is 2.47. The van der Waals surface area contributed by atoms with Gasteiger partial charge in [-0.2, -0.15) is 0 Å². The Bertz CT molecular complexity index is 1010. The molecule has 2 aliphatic rings. The fourth-order valence-corrected chi connectivity index (χ4v) is 5.17. The minimum absolute atomic E-state index is 0.108. The molecule has 0 N–H and O–H groups in total. The number of thiazole rings is 1. The van der Waals surface area contributed by atoms with E-state index in [1.165, 1.54) is 17.4 Å². The van der Waals surface area contributed by atoms with Crippen LogP contribution in [0.25, 0.3) is 10.8 Å². The topological polar surface area (TPSA) is 59.0 Å². The molecule has 5 nitrogen and oxygen atoms in total. The summed E-state index contributed by atoms with van der Waals surface area (Å²) in [5.74, 6) is -0.0487. The zero-order valence-electron chi connectivity index (χ0n) is 14.6. The summed E-state index contributed by atoms with van der Waals surface area (Å²) < 4.78 is 14.7. The van der Waals surface area contributed by atoms with Crippen molar-refractivity contribution in [2.45, 2.75) is 31.1 Å². The number of fused-ring (bicyclic) bond motifs is 2. The van der Waals surface area contributed by atoms with E-state index in [9.17, 15) is 9.18 Å². The van der Waals surface area contributed by atoms with E-state index in [1.807, 2.05) is 6.07 Å². The van der Waals surface area contributed by atoms with Crippen LogP contribution in [0.2, 0.25) is 0 Å². The summed E-state index contributed by atoms with van der Waals surface area (Å²) in [6, 6.07) is 6.89. The summed E-state index contributed by atoms with van der Waals surface area (Å²) in [5, 5.41) is 0.586. The second kappa shape index (κ2) is 6.20. The Kier molecular flexibility index (Phi) is 3.79. The van der Waals surface area contributed by atoms with Crippen LogP contribution < -0.4 is 4.90 Å². The number of benzene rings is 1. The number of halogens is 1. The first kappa shape index (κ1) is 16.5. The highest BCUT2D eigenvalue weighted by molar-refractivity contribution is 7.17. The summed E-state index contributed by atoms with van der Waals surface area (Å²) in [5.41, 5.74) is 1.31. The monoisotopic (exact) mass is 380 g/mol.